The lowest BCUT2D eigenvalue weighted by atomic mass is 9.70. The number of nitrogens with zero attached hydrogens (tertiary/aromatic N) is 2. The van der Waals surface area contributed by atoms with Crippen molar-refractivity contribution in [2.75, 3.05) is 13.1 Å². The lowest BCUT2D eigenvalue weighted by molar-refractivity contribution is -0.145. The molecule has 3 aliphatic rings. The van der Waals surface area contributed by atoms with Crippen LogP contribution in [0.2, 0.25) is 0 Å². The van der Waals surface area contributed by atoms with Crippen molar-refractivity contribution >= 4 is 35.3 Å². The first-order valence-electron chi connectivity index (χ1n) is 18.6. The highest BCUT2D eigenvalue weighted by Crippen LogP contribution is 2.40. The average Bonchev–Trinajstić information content (AvgIpc) is 3.80. The smallest absolute Gasteiger partial charge is 0.289 e. The van der Waals surface area contributed by atoms with E-state index in [1.165, 1.54) is 17.2 Å². The molecule has 2 aliphatic carbocycles. The molecule has 2 saturated carbocycles. The molecule has 0 radical (unpaired) electrons. The first-order chi connectivity index (χ1) is 24.1. The van der Waals surface area contributed by atoms with Gasteiger partial charge in [-0.05, 0) is 66.4 Å². The van der Waals surface area contributed by atoms with E-state index in [9.17, 15) is 28.8 Å². The Bertz CT molecular complexity index is 1450. The van der Waals surface area contributed by atoms with Crippen molar-refractivity contribution in [1.82, 2.24) is 31.2 Å². The summed E-state index contributed by atoms with van der Waals surface area (Å²) in [6.07, 6.45) is 9.93. The van der Waals surface area contributed by atoms with Crippen LogP contribution >= 0.6 is 0 Å². The van der Waals surface area contributed by atoms with Crippen LogP contribution in [0.1, 0.15) is 110 Å². The zero-order valence-corrected chi connectivity index (χ0v) is 31.3. The molecule has 12 heteroatoms. The second-order valence-electron chi connectivity index (χ2n) is 16.5. The van der Waals surface area contributed by atoms with Gasteiger partial charge in [0.25, 0.3) is 11.8 Å². The number of amides is 5. The molecule has 1 aromatic rings. The Kier molecular flexibility index (Phi) is 13.2. The number of hydrogen-bond acceptors (Lipinski definition) is 7. The van der Waals surface area contributed by atoms with E-state index < -0.39 is 70.3 Å². The minimum Gasteiger partial charge on any atom is -0.346 e. The van der Waals surface area contributed by atoms with Crippen LogP contribution in [0.25, 0.3) is 0 Å². The van der Waals surface area contributed by atoms with Crippen LogP contribution in [0.3, 0.4) is 0 Å². The molecule has 1 aromatic heterocycles. The van der Waals surface area contributed by atoms with Crippen molar-refractivity contribution in [3.63, 3.8) is 0 Å². The van der Waals surface area contributed by atoms with Gasteiger partial charge in [0.15, 0.2) is 0 Å². The molecule has 1 saturated heterocycles. The summed E-state index contributed by atoms with van der Waals surface area (Å²) in [6, 6.07) is 1.16. The minimum atomic E-state index is -1.03. The molecule has 4 rings (SSSR count). The number of Topliss-reactive ketones (excluding diaryl/α,β-unsaturated/α-hetero) is 1. The molecule has 4 N–H and O–H groups in total. The number of ketones is 1. The summed E-state index contributed by atoms with van der Waals surface area (Å²) in [7, 11) is 0. The van der Waals surface area contributed by atoms with E-state index in [4.69, 9.17) is 0 Å². The third kappa shape index (κ3) is 10.3. The second kappa shape index (κ2) is 17.0. The van der Waals surface area contributed by atoms with Gasteiger partial charge in [-0.3, -0.25) is 33.8 Å². The molecule has 0 bridgehead atoms. The fourth-order valence-electron chi connectivity index (χ4n) is 7.39. The Morgan fingerprint density at radius 1 is 1.02 bits per heavy atom. The lowest BCUT2D eigenvalue weighted by Crippen LogP contribution is -2.63. The number of carbonyl (C=O) groups excluding carboxylic acids is 6. The Morgan fingerprint density at radius 3 is 2.27 bits per heavy atom. The zero-order valence-electron chi connectivity index (χ0n) is 31.3. The number of carbonyl (C=O) groups is 6. The highest BCUT2D eigenvalue weighted by atomic mass is 16.2. The molecule has 0 spiro atoms. The summed E-state index contributed by atoms with van der Waals surface area (Å²) in [4.78, 5) is 87.9. The molecule has 0 aromatic carbocycles. The van der Waals surface area contributed by atoms with Crippen LogP contribution in [0.4, 0.5) is 0 Å². The van der Waals surface area contributed by atoms with Gasteiger partial charge < -0.3 is 26.2 Å². The van der Waals surface area contributed by atoms with Crippen molar-refractivity contribution in [3.05, 3.63) is 42.7 Å². The first kappa shape index (κ1) is 39.7. The van der Waals surface area contributed by atoms with Crippen molar-refractivity contribution in [3.8, 4) is 0 Å². The van der Waals surface area contributed by atoms with E-state index in [0.29, 0.717) is 19.4 Å². The standard InChI is InChI=1S/C39H58N6O6/c1-8-19-41-35(49)30(46)28(21-25-15-16-25)42-34(48)29-22-26(24(2)3)23-45(29)37(51)32(38(4,5)6)44-36(50)31(39(7)17-11-9-12-18-39)43-33(47)27-14-10-13-20-40-27/h8,10,13-14,20,24-26,28-29,31-32H,1,9,11-12,15-19,21-23H2,2-7H3,(H,41,49)(H,42,48)(H,43,47)(H,44,50)/t26-,28?,29+,31-,32-/m1/s1. The largest absolute Gasteiger partial charge is 0.346 e. The third-order valence-electron chi connectivity index (χ3n) is 10.9. The predicted molar refractivity (Wildman–Crippen MR) is 194 cm³/mol. The highest BCUT2D eigenvalue weighted by Gasteiger charge is 2.48. The van der Waals surface area contributed by atoms with E-state index in [1.807, 2.05) is 41.5 Å². The number of nitrogens with one attached hydrogen (secondary N) is 4. The van der Waals surface area contributed by atoms with Crippen LogP contribution in [0.15, 0.2) is 37.1 Å². The van der Waals surface area contributed by atoms with Gasteiger partial charge in [-0.25, -0.2) is 0 Å². The maximum absolute atomic E-state index is 14.7. The maximum atomic E-state index is 14.7. The highest BCUT2D eigenvalue weighted by molar-refractivity contribution is 6.38. The van der Waals surface area contributed by atoms with Crippen molar-refractivity contribution in [1.29, 1.82) is 0 Å². The monoisotopic (exact) mass is 706 g/mol. The van der Waals surface area contributed by atoms with E-state index in [-0.39, 0.29) is 30.0 Å². The quantitative estimate of drug-likeness (QED) is 0.159. The Hall–Kier alpha value is -4.09. The summed E-state index contributed by atoms with van der Waals surface area (Å²) in [6.45, 7) is 15.7. The lowest BCUT2D eigenvalue weighted by Gasteiger charge is -2.42. The average molecular weight is 707 g/mol. The number of rotatable bonds is 15. The first-order valence-corrected chi connectivity index (χ1v) is 18.6. The number of pyridine rings is 1. The Labute approximate surface area is 302 Å². The van der Waals surface area contributed by atoms with Crippen molar-refractivity contribution in [2.24, 2.45) is 28.6 Å². The van der Waals surface area contributed by atoms with Gasteiger partial charge in [0.1, 0.15) is 23.8 Å². The van der Waals surface area contributed by atoms with E-state index in [0.717, 1.165) is 44.9 Å². The van der Waals surface area contributed by atoms with Gasteiger partial charge in [-0.15, -0.1) is 6.58 Å². The van der Waals surface area contributed by atoms with Gasteiger partial charge in [0.2, 0.25) is 23.5 Å². The van der Waals surface area contributed by atoms with Crippen LogP contribution < -0.4 is 21.3 Å². The molecule has 5 atom stereocenters. The van der Waals surface area contributed by atoms with E-state index in [2.05, 4.69) is 32.8 Å². The van der Waals surface area contributed by atoms with Gasteiger partial charge in [-0.2, -0.15) is 0 Å². The van der Waals surface area contributed by atoms with Gasteiger partial charge in [-0.1, -0.05) is 85.8 Å². The molecule has 5 amide bonds. The van der Waals surface area contributed by atoms with Crippen LogP contribution in [-0.2, 0) is 24.0 Å². The molecule has 51 heavy (non-hydrogen) atoms. The predicted octanol–water partition coefficient (Wildman–Crippen LogP) is 3.71. The molecular weight excluding hydrogens is 648 g/mol. The van der Waals surface area contributed by atoms with E-state index >= 15 is 0 Å². The van der Waals surface area contributed by atoms with Gasteiger partial charge in [0.05, 0.1) is 6.04 Å². The Balaban J connectivity index is 1.59. The normalized spacial score (nSPS) is 21.9. The number of likely N-dealkylation sites (tertiary alicyclic amines) is 1. The van der Waals surface area contributed by atoms with Crippen molar-refractivity contribution < 1.29 is 28.8 Å². The maximum Gasteiger partial charge on any atom is 0.289 e. The zero-order chi connectivity index (χ0) is 37.5. The van der Waals surface area contributed by atoms with Crippen LogP contribution in [-0.4, -0.2) is 82.5 Å². The fraction of sp³-hybridized carbons (Fsp3) is 0.667. The topological polar surface area (TPSA) is 167 Å². The second-order valence-corrected chi connectivity index (χ2v) is 16.5. The van der Waals surface area contributed by atoms with Crippen LogP contribution in [0.5, 0.6) is 0 Å². The third-order valence-corrected chi connectivity index (χ3v) is 10.9. The van der Waals surface area contributed by atoms with Crippen LogP contribution in [0, 0.1) is 28.6 Å². The Morgan fingerprint density at radius 2 is 1.71 bits per heavy atom. The fourth-order valence-corrected chi connectivity index (χ4v) is 7.39. The molecule has 3 fully saturated rings. The van der Waals surface area contributed by atoms with E-state index in [1.54, 1.807) is 18.2 Å². The molecule has 1 unspecified atom stereocenters. The SMILES string of the molecule is C=CCNC(=O)C(=O)C(CC1CC1)NC(=O)[C@@H]1C[C@@H](C(C)C)CN1C(=O)[C@@H](NC(=O)[C@@H](NC(=O)c1ccccn1)C1(C)CCCCC1)C(C)(C)C. The molecule has 280 valence electrons. The van der Waals surface area contributed by atoms with Crippen molar-refractivity contribution in [2.45, 2.75) is 123 Å². The summed E-state index contributed by atoms with van der Waals surface area (Å²) < 4.78 is 0. The number of hydrogen-bond donors (Lipinski definition) is 4. The van der Waals surface area contributed by atoms with Gasteiger partial charge in [0, 0.05) is 19.3 Å². The molecule has 1 aliphatic heterocycles. The summed E-state index contributed by atoms with van der Waals surface area (Å²) in [5.41, 5.74) is -1.11. The molecule has 12 nitrogen and oxygen atoms in total. The summed E-state index contributed by atoms with van der Waals surface area (Å²) >= 11 is 0. The number of aromatic nitrogens is 1. The molecular formula is C39H58N6O6. The van der Waals surface area contributed by atoms with Gasteiger partial charge >= 0.3 is 0 Å². The molecule has 2 heterocycles. The summed E-state index contributed by atoms with van der Waals surface area (Å²) in [5, 5.41) is 11.3. The minimum absolute atomic E-state index is 0.000975. The summed E-state index contributed by atoms with van der Waals surface area (Å²) in [5.74, 6) is -2.92.